The summed E-state index contributed by atoms with van der Waals surface area (Å²) in [5.74, 6) is 0.257. The number of fused-ring (bicyclic) bond motifs is 1. The topological polar surface area (TPSA) is 90.9 Å². The van der Waals surface area contributed by atoms with Gasteiger partial charge >= 0.3 is 5.97 Å². The van der Waals surface area contributed by atoms with Crippen LogP contribution in [0.5, 0.6) is 11.5 Å². The summed E-state index contributed by atoms with van der Waals surface area (Å²) in [6.45, 7) is 7.74. The highest BCUT2D eigenvalue weighted by molar-refractivity contribution is 8.00. The zero-order chi connectivity index (χ0) is 23.3. The average Bonchev–Trinajstić information content (AvgIpc) is 2.76. The highest BCUT2D eigenvalue weighted by Crippen LogP contribution is 2.33. The summed E-state index contributed by atoms with van der Waals surface area (Å²) in [4.78, 5) is 38.0. The van der Waals surface area contributed by atoms with E-state index in [1.807, 2.05) is 0 Å². The number of nitrogens with one attached hydrogen (secondary N) is 1. The van der Waals surface area contributed by atoms with E-state index in [4.69, 9.17) is 14.2 Å². The molecule has 0 saturated carbocycles. The maximum absolute atomic E-state index is 12.7. The van der Waals surface area contributed by atoms with Crippen LogP contribution in [0.15, 0.2) is 47.4 Å². The quantitative estimate of drug-likeness (QED) is 0.488. The van der Waals surface area contributed by atoms with Crippen LogP contribution in [0.25, 0.3) is 0 Å². The third-order valence-electron chi connectivity index (χ3n) is 4.76. The van der Waals surface area contributed by atoms with Gasteiger partial charge in [-0.25, -0.2) is 4.79 Å². The molecule has 8 heteroatoms. The van der Waals surface area contributed by atoms with Crippen molar-refractivity contribution >= 4 is 35.1 Å². The Labute approximate surface area is 191 Å². The molecule has 0 aliphatic carbocycles. The van der Waals surface area contributed by atoms with E-state index >= 15 is 0 Å². The van der Waals surface area contributed by atoms with E-state index in [9.17, 15) is 14.4 Å². The molecule has 0 fully saturated rings. The third-order valence-corrected chi connectivity index (χ3v) is 5.94. The van der Waals surface area contributed by atoms with Gasteiger partial charge in [0.1, 0.15) is 13.2 Å². The Hall–Kier alpha value is -3.00. The zero-order valence-electron chi connectivity index (χ0n) is 18.6. The molecule has 0 unspecified atom stereocenters. The minimum absolute atomic E-state index is 0.164. The van der Waals surface area contributed by atoms with Crippen molar-refractivity contribution < 1.29 is 28.6 Å². The molecule has 0 saturated heterocycles. The van der Waals surface area contributed by atoms with Crippen molar-refractivity contribution in [3.05, 3.63) is 48.0 Å². The number of carbonyl (C=O) groups excluding carboxylic acids is 3. The SMILES string of the molecule is C[C@H](Sc1ccccc1C(=O)OCC(=O)C(C)(C)C)C(=O)Nc1ccc2c(c1)OCCO2. The molecule has 1 aliphatic rings. The molecule has 170 valence electrons. The Morgan fingerprint density at radius 2 is 1.75 bits per heavy atom. The van der Waals surface area contributed by atoms with E-state index in [1.54, 1.807) is 70.2 Å². The molecule has 0 spiro atoms. The van der Waals surface area contributed by atoms with Crippen molar-refractivity contribution in [3.63, 3.8) is 0 Å². The summed E-state index contributed by atoms with van der Waals surface area (Å²) in [6, 6.07) is 12.1. The van der Waals surface area contributed by atoms with Gasteiger partial charge in [0.25, 0.3) is 0 Å². The number of thioether (sulfide) groups is 1. The normalized spacial score (nSPS) is 13.8. The molecule has 0 bridgehead atoms. The molecule has 1 amide bonds. The summed E-state index contributed by atoms with van der Waals surface area (Å²) in [7, 11) is 0. The lowest BCUT2D eigenvalue weighted by atomic mass is 9.91. The molecule has 2 aromatic carbocycles. The van der Waals surface area contributed by atoms with Gasteiger partial charge in [0.05, 0.1) is 10.8 Å². The van der Waals surface area contributed by atoms with Crippen LogP contribution >= 0.6 is 11.8 Å². The van der Waals surface area contributed by atoms with Crippen molar-refractivity contribution in [3.8, 4) is 11.5 Å². The van der Waals surface area contributed by atoms with Crippen molar-refractivity contribution in [2.24, 2.45) is 5.41 Å². The molecule has 2 aromatic rings. The van der Waals surface area contributed by atoms with Gasteiger partial charge in [0.15, 0.2) is 23.9 Å². The number of anilines is 1. The van der Waals surface area contributed by atoms with E-state index in [0.29, 0.717) is 40.9 Å². The van der Waals surface area contributed by atoms with E-state index in [2.05, 4.69) is 5.32 Å². The number of ketones is 1. The first-order chi connectivity index (χ1) is 15.1. The first kappa shape index (κ1) is 23.7. The van der Waals surface area contributed by atoms with Gasteiger partial charge in [-0.05, 0) is 31.2 Å². The van der Waals surface area contributed by atoms with E-state index in [0.717, 1.165) is 0 Å². The number of hydrogen-bond donors (Lipinski definition) is 1. The number of carbonyl (C=O) groups is 3. The second-order valence-corrected chi connectivity index (χ2v) is 9.74. The Morgan fingerprint density at radius 3 is 2.47 bits per heavy atom. The lowest BCUT2D eigenvalue weighted by Gasteiger charge is -2.19. The van der Waals surface area contributed by atoms with Crippen molar-refractivity contribution in [2.45, 2.75) is 37.8 Å². The number of amides is 1. The number of esters is 1. The Bertz CT molecular complexity index is 1010. The molecule has 7 nitrogen and oxygen atoms in total. The van der Waals surface area contributed by atoms with Gasteiger partial charge in [-0.1, -0.05) is 32.9 Å². The van der Waals surface area contributed by atoms with Crippen LogP contribution in [-0.4, -0.2) is 42.7 Å². The third kappa shape index (κ3) is 6.03. The number of Topliss-reactive ketones (excluding diaryl/α,β-unsaturated/α-hetero) is 1. The number of ether oxygens (including phenoxy) is 3. The summed E-state index contributed by atoms with van der Waals surface area (Å²) in [6.07, 6.45) is 0. The number of benzene rings is 2. The molecule has 0 radical (unpaired) electrons. The Morgan fingerprint density at radius 1 is 1.06 bits per heavy atom. The summed E-state index contributed by atoms with van der Waals surface area (Å²) >= 11 is 1.24. The molecule has 0 aromatic heterocycles. The fraction of sp³-hybridized carbons (Fsp3) is 0.375. The summed E-state index contributed by atoms with van der Waals surface area (Å²) in [5, 5.41) is 2.37. The summed E-state index contributed by atoms with van der Waals surface area (Å²) in [5.41, 5.74) is 0.327. The van der Waals surface area contributed by atoms with Gasteiger partial charge in [-0.2, -0.15) is 0 Å². The van der Waals surface area contributed by atoms with Crippen molar-refractivity contribution in [1.29, 1.82) is 0 Å². The highest BCUT2D eigenvalue weighted by Gasteiger charge is 2.24. The minimum Gasteiger partial charge on any atom is -0.486 e. The average molecular weight is 458 g/mol. The van der Waals surface area contributed by atoms with Gasteiger partial charge in [-0.15, -0.1) is 11.8 Å². The standard InChI is InChI=1S/C24H27NO6S/c1-15(22(27)25-16-9-10-18-19(13-16)30-12-11-29-18)32-20-8-6-5-7-17(20)23(28)31-14-21(26)24(2,3)4/h5-10,13,15H,11-12,14H2,1-4H3,(H,25,27)/t15-/m0/s1. The second-order valence-electron chi connectivity index (χ2n) is 8.35. The largest absolute Gasteiger partial charge is 0.486 e. The molecule has 1 aliphatic heterocycles. The zero-order valence-corrected chi connectivity index (χ0v) is 19.4. The van der Waals surface area contributed by atoms with Crippen LogP contribution in [0.1, 0.15) is 38.1 Å². The first-order valence-electron chi connectivity index (χ1n) is 10.3. The second kappa shape index (κ2) is 10.1. The maximum Gasteiger partial charge on any atom is 0.339 e. The molecule has 3 rings (SSSR count). The maximum atomic E-state index is 12.7. The van der Waals surface area contributed by atoms with E-state index in [-0.39, 0.29) is 18.3 Å². The predicted octanol–water partition coefficient (Wildman–Crippen LogP) is 4.35. The molecular weight excluding hydrogens is 430 g/mol. The van der Waals surface area contributed by atoms with Crippen LogP contribution < -0.4 is 14.8 Å². The van der Waals surface area contributed by atoms with Crippen LogP contribution in [0.4, 0.5) is 5.69 Å². The first-order valence-corrected chi connectivity index (χ1v) is 11.2. The van der Waals surface area contributed by atoms with E-state index < -0.39 is 16.6 Å². The van der Waals surface area contributed by atoms with E-state index in [1.165, 1.54) is 11.8 Å². The monoisotopic (exact) mass is 457 g/mol. The molecule has 1 heterocycles. The Kier molecular flexibility index (Phi) is 7.45. The Balaban J connectivity index is 1.63. The minimum atomic E-state index is -0.592. The van der Waals surface area contributed by atoms with Crippen LogP contribution in [0.2, 0.25) is 0 Å². The molecule has 32 heavy (non-hydrogen) atoms. The fourth-order valence-corrected chi connectivity index (χ4v) is 3.75. The summed E-state index contributed by atoms with van der Waals surface area (Å²) < 4.78 is 16.3. The lowest BCUT2D eigenvalue weighted by Crippen LogP contribution is -2.26. The van der Waals surface area contributed by atoms with Gasteiger partial charge in [0.2, 0.25) is 5.91 Å². The van der Waals surface area contributed by atoms with Crippen LogP contribution in [0.3, 0.4) is 0 Å². The van der Waals surface area contributed by atoms with Crippen molar-refractivity contribution in [1.82, 2.24) is 0 Å². The van der Waals surface area contributed by atoms with Crippen LogP contribution in [-0.2, 0) is 14.3 Å². The lowest BCUT2D eigenvalue weighted by molar-refractivity contribution is -0.129. The highest BCUT2D eigenvalue weighted by atomic mass is 32.2. The van der Waals surface area contributed by atoms with Gasteiger partial charge in [-0.3, -0.25) is 9.59 Å². The van der Waals surface area contributed by atoms with Gasteiger partial charge in [0, 0.05) is 22.1 Å². The van der Waals surface area contributed by atoms with Gasteiger partial charge < -0.3 is 19.5 Å². The number of rotatable bonds is 7. The van der Waals surface area contributed by atoms with Crippen molar-refractivity contribution in [2.75, 3.05) is 25.1 Å². The molecular formula is C24H27NO6S. The fourth-order valence-electron chi connectivity index (χ4n) is 2.77. The molecule has 1 N–H and O–H groups in total. The predicted molar refractivity (Wildman–Crippen MR) is 123 cm³/mol. The van der Waals surface area contributed by atoms with Crippen LogP contribution in [0, 0.1) is 5.41 Å². The number of hydrogen-bond acceptors (Lipinski definition) is 7. The smallest absolute Gasteiger partial charge is 0.339 e. The molecule has 1 atom stereocenters.